The fraction of sp³-hybridized carbons (Fsp3) is 0.364. The molecule has 0 fully saturated rings. The van der Waals surface area contributed by atoms with Crippen LogP contribution in [0, 0.1) is 11.3 Å². The van der Waals surface area contributed by atoms with Crippen LogP contribution in [0.1, 0.15) is 19.3 Å². The van der Waals surface area contributed by atoms with Gasteiger partial charge in [0.15, 0.2) is 5.75 Å². The molecular formula is C11H10Cl3NO. The lowest BCUT2D eigenvalue weighted by Crippen LogP contribution is -1.98. The molecule has 2 nitrogen and oxygen atoms in total. The first-order chi connectivity index (χ1) is 7.65. The lowest BCUT2D eigenvalue weighted by Gasteiger charge is -2.09. The van der Waals surface area contributed by atoms with Crippen molar-refractivity contribution in [3.8, 4) is 11.8 Å². The van der Waals surface area contributed by atoms with Crippen molar-refractivity contribution in [1.82, 2.24) is 0 Å². The summed E-state index contributed by atoms with van der Waals surface area (Å²) < 4.78 is 5.44. The van der Waals surface area contributed by atoms with Gasteiger partial charge in [0.05, 0.1) is 22.7 Å². The summed E-state index contributed by atoms with van der Waals surface area (Å²) in [6.45, 7) is 0.489. The lowest BCUT2D eigenvalue weighted by molar-refractivity contribution is 0.308. The molecule has 0 aliphatic rings. The molecule has 86 valence electrons. The van der Waals surface area contributed by atoms with E-state index in [9.17, 15) is 0 Å². The number of unbranched alkanes of at least 4 members (excludes halogenated alkanes) is 2. The average molecular weight is 279 g/mol. The third kappa shape index (κ3) is 4.09. The zero-order valence-corrected chi connectivity index (χ0v) is 10.7. The summed E-state index contributed by atoms with van der Waals surface area (Å²) in [4.78, 5) is 0. The fourth-order valence-corrected chi connectivity index (χ4v) is 2.07. The second-order valence-electron chi connectivity index (χ2n) is 3.16. The molecule has 0 aliphatic heterocycles. The van der Waals surface area contributed by atoms with Gasteiger partial charge in [-0.1, -0.05) is 34.8 Å². The highest BCUT2D eigenvalue weighted by Crippen LogP contribution is 2.35. The highest BCUT2D eigenvalue weighted by atomic mass is 35.5. The Morgan fingerprint density at radius 3 is 2.31 bits per heavy atom. The smallest absolute Gasteiger partial charge is 0.156 e. The van der Waals surface area contributed by atoms with E-state index in [0.29, 0.717) is 33.8 Å². The molecule has 0 N–H and O–H groups in total. The van der Waals surface area contributed by atoms with Crippen molar-refractivity contribution < 1.29 is 4.74 Å². The number of nitrogens with zero attached hydrogens (tertiary/aromatic N) is 1. The van der Waals surface area contributed by atoms with Crippen molar-refractivity contribution in [3.63, 3.8) is 0 Å². The van der Waals surface area contributed by atoms with Crippen LogP contribution in [0.4, 0.5) is 0 Å². The monoisotopic (exact) mass is 277 g/mol. The van der Waals surface area contributed by atoms with E-state index in [4.69, 9.17) is 44.8 Å². The summed E-state index contributed by atoms with van der Waals surface area (Å²) in [5, 5.41) is 9.63. The minimum Gasteiger partial charge on any atom is -0.490 e. The maximum Gasteiger partial charge on any atom is 0.156 e. The molecule has 0 amide bonds. The van der Waals surface area contributed by atoms with Crippen LogP contribution in [0.2, 0.25) is 15.1 Å². The number of hydrogen-bond donors (Lipinski definition) is 0. The Bertz CT molecular complexity index is 378. The van der Waals surface area contributed by atoms with Gasteiger partial charge in [-0.2, -0.15) is 5.26 Å². The van der Waals surface area contributed by atoms with E-state index in [1.807, 2.05) is 0 Å². The standard InChI is InChI=1S/C11H10Cl3NO/c12-8-6-9(13)11(10(14)7-8)16-5-3-1-2-4-15/h6-7H,1-3,5H2. The van der Waals surface area contributed by atoms with Gasteiger partial charge in [0.2, 0.25) is 0 Å². The third-order valence-electron chi connectivity index (χ3n) is 1.89. The highest BCUT2D eigenvalue weighted by molar-refractivity contribution is 6.40. The Morgan fingerprint density at radius 2 is 1.75 bits per heavy atom. The first-order valence-electron chi connectivity index (χ1n) is 4.79. The van der Waals surface area contributed by atoms with Gasteiger partial charge in [-0.15, -0.1) is 0 Å². The van der Waals surface area contributed by atoms with Crippen molar-refractivity contribution in [2.24, 2.45) is 0 Å². The number of nitriles is 1. The number of hydrogen-bond acceptors (Lipinski definition) is 2. The van der Waals surface area contributed by atoms with E-state index in [1.54, 1.807) is 12.1 Å². The molecule has 0 spiro atoms. The molecular weight excluding hydrogens is 268 g/mol. The Balaban J connectivity index is 2.51. The minimum atomic E-state index is 0.401. The van der Waals surface area contributed by atoms with Crippen LogP contribution >= 0.6 is 34.8 Å². The molecule has 16 heavy (non-hydrogen) atoms. The van der Waals surface area contributed by atoms with Crippen LogP contribution in [-0.2, 0) is 0 Å². The van der Waals surface area contributed by atoms with E-state index >= 15 is 0 Å². The maximum absolute atomic E-state index is 8.35. The van der Waals surface area contributed by atoms with Crippen LogP contribution in [0.25, 0.3) is 0 Å². The Labute approximate surface area is 110 Å². The van der Waals surface area contributed by atoms with Crippen molar-refractivity contribution in [1.29, 1.82) is 5.26 Å². The summed E-state index contributed by atoms with van der Waals surface area (Å²) >= 11 is 17.6. The van der Waals surface area contributed by atoms with Crippen LogP contribution < -0.4 is 4.74 Å². The van der Waals surface area contributed by atoms with Gasteiger partial charge in [0.25, 0.3) is 0 Å². The highest BCUT2D eigenvalue weighted by Gasteiger charge is 2.08. The Kier molecular flexibility index (Phi) is 5.76. The molecule has 0 aromatic heterocycles. The van der Waals surface area contributed by atoms with Gasteiger partial charge < -0.3 is 4.74 Å². The molecule has 0 aliphatic carbocycles. The average Bonchev–Trinajstić information content (AvgIpc) is 2.20. The van der Waals surface area contributed by atoms with E-state index in [0.717, 1.165) is 12.8 Å². The first kappa shape index (κ1) is 13.4. The quantitative estimate of drug-likeness (QED) is 0.730. The first-order valence-corrected chi connectivity index (χ1v) is 5.93. The molecule has 1 rings (SSSR count). The van der Waals surface area contributed by atoms with Crippen molar-refractivity contribution in [2.45, 2.75) is 19.3 Å². The van der Waals surface area contributed by atoms with E-state index < -0.39 is 0 Å². The molecule has 1 aromatic carbocycles. The number of halogens is 3. The van der Waals surface area contributed by atoms with E-state index in [-0.39, 0.29) is 0 Å². The topological polar surface area (TPSA) is 33.0 Å². The summed E-state index contributed by atoms with van der Waals surface area (Å²) in [6.07, 6.45) is 2.13. The van der Waals surface area contributed by atoms with Gasteiger partial charge in [-0.3, -0.25) is 0 Å². The van der Waals surface area contributed by atoms with Gasteiger partial charge in [-0.25, -0.2) is 0 Å². The molecule has 0 heterocycles. The van der Waals surface area contributed by atoms with Crippen molar-refractivity contribution >= 4 is 34.8 Å². The molecule has 0 unspecified atom stereocenters. The molecule has 1 aromatic rings. The summed E-state index contributed by atoms with van der Waals surface area (Å²) in [5.74, 6) is 0.449. The summed E-state index contributed by atoms with van der Waals surface area (Å²) in [6, 6.07) is 5.24. The van der Waals surface area contributed by atoms with Gasteiger partial charge >= 0.3 is 0 Å². The Morgan fingerprint density at radius 1 is 1.12 bits per heavy atom. The van der Waals surface area contributed by atoms with Gasteiger partial charge in [0, 0.05) is 11.4 Å². The van der Waals surface area contributed by atoms with Crippen LogP contribution in [-0.4, -0.2) is 6.61 Å². The maximum atomic E-state index is 8.35. The number of benzene rings is 1. The second kappa shape index (κ2) is 6.85. The molecule has 0 radical (unpaired) electrons. The predicted molar refractivity (Wildman–Crippen MR) is 66.4 cm³/mol. The second-order valence-corrected chi connectivity index (χ2v) is 4.41. The van der Waals surface area contributed by atoms with Crippen molar-refractivity contribution in [2.75, 3.05) is 6.61 Å². The largest absolute Gasteiger partial charge is 0.490 e. The van der Waals surface area contributed by atoms with Gasteiger partial charge in [0.1, 0.15) is 0 Å². The fourth-order valence-electron chi connectivity index (χ4n) is 1.15. The van der Waals surface area contributed by atoms with Crippen LogP contribution in [0.15, 0.2) is 12.1 Å². The summed E-state index contributed by atoms with van der Waals surface area (Å²) in [7, 11) is 0. The zero-order valence-electron chi connectivity index (χ0n) is 8.47. The zero-order chi connectivity index (χ0) is 12.0. The summed E-state index contributed by atoms with van der Waals surface area (Å²) in [5.41, 5.74) is 0. The normalized spacial score (nSPS) is 9.88. The number of ether oxygens (including phenoxy) is 1. The third-order valence-corrected chi connectivity index (χ3v) is 2.67. The van der Waals surface area contributed by atoms with E-state index in [2.05, 4.69) is 6.07 Å². The Hall–Kier alpha value is -0.620. The molecule has 5 heteroatoms. The minimum absolute atomic E-state index is 0.401. The molecule has 0 bridgehead atoms. The lowest BCUT2D eigenvalue weighted by atomic mass is 10.2. The predicted octanol–water partition coefficient (Wildman–Crippen LogP) is 4.72. The van der Waals surface area contributed by atoms with Crippen molar-refractivity contribution in [3.05, 3.63) is 27.2 Å². The van der Waals surface area contributed by atoms with Gasteiger partial charge in [-0.05, 0) is 25.0 Å². The molecule has 0 saturated carbocycles. The van der Waals surface area contributed by atoms with E-state index in [1.165, 1.54) is 0 Å². The SMILES string of the molecule is N#CCCCCOc1c(Cl)cc(Cl)cc1Cl. The van der Waals surface area contributed by atoms with Crippen LogP contribution in [0.3, 0.4) is 0 Å². The molecule has 0 atom stereocenters. The van der Waals surface area contributed by atoms with Crippen LogP contribution in [0.5, 0.6) is 5.75 Å². The molecule has 0 saturated heterocycles. The number of rotatable bonds is 5.